The summed E-state index contributed by atoms with van der Waals surface area (Å²) in [6.45, 7) is 0.962. The van der Waals surface area contributed by atoms with Gasteiger partial charge in [0.1, 0.15) is 5.75 Å². The van der Waals surface area contributed by atoms with E-state index in [0.717, 1.165) is 31.1 Å². The number of hydrogen-bond acceptors (Lipinski definition) is 4. The highest BCUT2D eigenvalue weighted by atomic mass is 35.5. The van der Waals surface area contributed by atoms with Crippen LogP contribution in [0.1, 0.15) is 24.4 Å². The standard InChI is InChI=1S/C15H16ClN3O/c1-20-13-5-2-4-11(8-13)14-6-3-7-19(14)15-17-9-12(16)10-18-15/h2,4-5,8-10,14H,3,6-7H2,1H3. The number of hydrogen-bond donors (Lipinski definition) is 0. The fourth-order valence-electron chi connectivity index (χ4n) is 2.66. The van der Waals surface area contributed by atoms with E-state index < -0.39 is 0 Å². The molecule has 1 atom stereocenters. The van der Waals surface area contributed by atoms with Crippen molar-refractivity contribution in [3.05, 3.63) is 47.2 Å². The van der Waals surface area contributed by atoms with Gasteiger partial charge in [-0.25, -0.2) is 9.97 Å². The third-order valence-corrected chi connectivity index (χ3v) is 3.79. The summed E-state index contributed by atoms with van der Waals surface area (Å²) in [5.41, 5.74) is 1.24. The number of anilines is 1. The molecule has 0 bridgehead atoms. The highest BCUT2D eigenvalue weighted by molar-refractivity contribution is 6.30. The summed E-state index contributed by atoms with van der Waals surface area (Å²) in [5.74, 6) is 1.62. The average molecular weight is 290 g/mol. The van der Waals surface area contributed by atoms with Gasteiger partial charge in [0, 0.05) is 6.54 Å². The highest BCUT2D eigenvalue weighted by Crippen LogP contribution is 2.35. The van der Waals surface area contributed by atoms with Gasteiger partial charge in [-0.3, -0.25) is 0 Å². The van der Waals surface area contributed by atoms with Gasteiger partial charge in [-0.15, -0.1) is 0 Å². The van der Waals surface area contributed by atoms with Crippen LogP contribution in [0, 0.1) is 0 Å². The smallest absolute Gasteiger partial charge is 0.225 e. The van der Waals surface area contributed by atoms with E-state index in [1.165, 1.54) is 5.56 Å². The normalized spacial score (nSPS) is 18.3. The monoisotopic (exact) mass is 289 g/mol. The molecule has 1 fully saturated rings. The molecule has 5 heteroatoms. The molecule has 1 saturated heterocycles. The summed E-state index contributed by atoms with van der Waals surface area (Å²) >= 11 is 5.85. The first-order chi connectivity index (χ1) is 9.78. The molecule has 4 nitrogen and oxygen atoms in total. The Balaban J connectivity index is 1.90. The van der Waals surface area contributed by atoms with Crippen molar-refractivity contribution in [1.82, 2.24) is 9.97 Å². The second-order valence-corrected chi connectivity index (χ2v) is 5.27. The van der Waals surface area contributed by atoms with Crippen LogP contribution in [0.5, 0.6) is 5.75 Å². The maximum Gasteiger partial charge on any atom is 0.225 e. The van der Waals surface area contributed by atoms with E-state index in [9.17, 15) is 0 Å². The molecule has 0 radical (unpaired) electrons. The van der Waals surface area contributed by atoms with Crippen molar-refractivity contribution >= 4 is 17.5 Å². The Hall–Kier alpha value is -1.81. The van der Waals surface area contributed by atoms with Gasteiger partial charge in [0.2, 0.25) is 5.95 Å². The van der Waals surface area contributed by atoms with Crippen LogP contribution in [0.15, 0.2) is 36.7 Å². The maximum absolute atomic E-state index is 5.85. The maximum atomic E-state index is 5.85. The molecule has 0 saturated carbocycles. The molecule has 20 heavy (non-hydrogen) atoms. The zero-order valence-corrected chi connectivity index (χ0v) is 12.0. The van der Waals surface area contributed by atoms with Crippen LogP contribution in [0.25, 0.3) is 0 Å². The van der Waals surface area contributed by atoms with E-state index in [1.807, 2.05) is 12.1 Å². The fourth-order valence-corrected chi connectivity index (χ4v) is 2.75. The molecular weight excluding hydrogens is 274 g/mol. The zero-order valence-electron chi connectivity index (χ0n) is 11.3. The first-order valence-electron chi connectivity index (χ1n) is 6.66. The predicted octanol–water partition coefficient (Wildman–Crippen LogP) is 3.48. The van der Waals surface area contributed by atoms with E-state index in [4.69, 9.17) is 16.3 Å². The summed E-state index contributed by atoms with van der Waals surface area (Å²) in [4.78, 5) is 10.9. The number of aromatic nitrogens is 2. The molecule has 3 rings (SSSR count). The van der Waals surface area contributed by atoms with Crippen molar-refractivity contribution in [2.75, 3.05) is 18.6 Å². The summed E-state index contributed by atoms with van der Waals surface area (Å²) in [7, 11) is 1.69. The molecule has 0 spiro atoms. The number of nitrogens with zero attached hydrogens (tertiary/aromatic N) is 3. The molecule has 0 N–H and O–H groups in total. The number of methoxy groups -OCH3 is 1. The Bertz CT molecular complexity index is 588. The highest BCUT2D eigenvalue weighted by Gasteiger charge is 2.28. The first-order valence-corrected chi connectivity index (χ1v) is 7.04. The van der Waals surface area contributed by atoms with Crippen LogP contribution < -0.4 is 9.64 Å². The zero-order chi connectivity index (χ0) is 13.9. The lowest BCUT2D eigenvalue weighted by Crippen LogP contribution is -2.24. The van der Waals surface area contributed by atoms with Gasteiger partial charge >= 0.3 is 0 Å². The lowest BCUT2D eigenvalue weighted by Gasteiger charge is -2.25. The predicted molar refractivity (Wildman–Crippen MR) is 79.4 cm³/mol. The lowest BCUT2D eigenvalue weighted by atomic mass is 10.0. The van der Waals surface area contributed by atoms with Gasteiger partial charge in [0.25, 0.3) is 0 Å². The van der Waals surface area contributed by atoms with Gasteiger partial charge in [-0.2, -0.15) is 0 Å². The van der Waals surface area contributed by atoms with Gasteiger partial charge in [-0.1, -0.05) is 23.7 Å². The Morgan fingerprint density at radius 2 is 2.10 bits per heavy atom. The molecule has 1 aliphatic rings. The van der Waals surface area contributed by atoms with Crippen LogP contribution in [-0.4, -0.2) is 23.6 Å². The van der Waals surface area contributed by atoms with E-state index in [-0.39, 0.29) is 0 Å². The molecule has 0 aliphatic carbocycles. The van der Waals surface area contributed by atoms with Crippen LogP contribution in [0.4, 0.5) is 5.95 Å². The molecule has 2 aromatic rings. The Morgan fingerprint density at radius 1 is 1.30 bits per heavy atom. The Labute approximate surface area is 123 Å². The van der Waals surface area contributed by atoms with Crippen LogP contribution in [0.2, 0.25) is 5.02 Å². The van der Waals surface area contributed by atoms with Crippen molar-refractivity contribution in [2.24, 2.45) is 0 Å². The first kappa shape index (κ1) is 13.2. The minimum atomic E-state index is 0.297. The van der Waals surface area contributed by atoms with E-state index >= 15 is 0 Å². The molecule has 104 valence electrons. The van der Waals surface area contributed by atoms with Crippen LogP contribution in [0.3, 0.4) is 0 Å². The van der Waals surface area contributed by atoms with Crippen LogP contribution in [-0.2, 0) is 0 Å². The van der Waals surface area contributed by atoms with Gasteiger partial charge in [0.15, 0.2) is 0 Å². The van der Waals surface area contributed by atoms with Gasteiger partial charge in [0.05, 0.1) is 30.6 Å². The second-order valence-electron chi connectivity index (χ2n) is 4.83. The topological polar surface area (TPSA) is 38.2 Å². The van der Waals surface area contributed by atoms with Crippen molar-refractivity contribution in [1.29, 1.82) is 0 Å². The van der Waals surface area contributed by atoms with Crippen molar-refractivity contribution in [3.63, 3.8) is 0 Å². The van der Waals surface area contributed by atoms with Crippen LogP contribution >= 0.6 is 11.6 Å². The lowest BCUT2D eigenvalue weighted by molar-refractivity contribution is 0.414. The SMILES string of the molecule is COc1cccc(C2CCCN2c2ncc(Cl)cn2)c1. The second kappa shape index (κ2) is 5.67. The molecule has 1 aliphatic heterocycles. The molecule has 1 aromatic carbocycles. The van der Waals surface area contributed by atoms with Crippen molar-refractivity contribution in [3.8, 4) is 5.75 Å². The quantitative estimate of drug-likeness (QED) is 0.867. The summed E-state index contributed by atoms with van der Waals surface area (Å²) in [5, 5.41) is 0.561. The summed E-state index contributed by atoms with van der Waals surface area (Å²) < 4.78 is 5.30. The molecule has 1 unspecified atom stereocenters. The third kappa shape index (κ3) is 2.56. The van der Waals surface area contributed by atoms with Crippen molar-refractivity contribution < 1.29 is 4.74 Å². The number of benzene rings is 1. The largest absolute Gasteiger partial charge is 0.497 e. The van der Waals surface area contributed by atoms with E-state index in [2.05, 4.69) is 27.0 Å². The van der Waals surface area contributed by atoms with Crippen molar-refractivity contribution in [2.45, 2.75) is 18.9 Å². The van der Waals surface area contributed by atoms with Gasteiger partial charge < -0.3 is 9.64 Å². The third-order valence-electron chi connectivity index (χ3n) is 3.59. The summed E-state index contributed by atoms with van der Waals surface area (Å²) in [6.07, 6.45) is 5.52. The fraction of sp³-hybridized carbons (Fsp3) is 0.333. The molecule has 2 heterocycles. The molecule has 1 aromatic heterocycles. The van der Waals surface area contributed by atoms with E-state index in [0.29, 0.717) is 11.1 Å². The number of halogens is 1. The molecular formula is C15H16ClN3O. The number of rotatable bonds is 3. The van der Waals surface area contributed by atoms with Gasteiger partial charge in [-0.05, 0) is 30.5 Å². The minimum Gasteiger partial charge on any atom is -0.497 e. The average Bonchev–Trinajstić information content (AvgIpc) is 2.97. The Morgan fingerprint density at radius 3 is 2.85 bits per heavy atom. The summed E-state index contributed by atoms with van der Waals surface area (Å²) in [6, 6.07) is 8.49. The molecule has 0 amide bonds. The minimum absolute atomic E-state index is 0.297. The number of ether oxygens (including phenoxy) is 1. The Kier molecular flexibility index (Phi) is 3.74. The van der Waals surface area contributed by atoms with E-state index in [1.54, 1.807) is 19.5 Å².